The molecule has 0 aliphatic rings. The third-order valence-corrected chi connectivity index (χ3v) is 3.10. The third kappa shape index (κ3) is 8.33. The van der Waals surface area contributed by atoms with Crippen LogP contribution in [0, 0.1) is 0 Å². The Morgan fingerprint density at radius 2 is 1.58 bits per heavy atom. The minimum absolute atomic E-state index is 0.0127. The van der Waals surface area contributed by atoms with E-state index in [1.165, 1.54) is 6.92 Å². The van der Waals surface area contributed by atoms with Crippen LogP contribution in [0.2, 0.25) is 0 Å². The number of hydrogen-bond acceptors (Lipinski definition) is 7. The van der Waals surface area contributed by atoms with Crippen molar-refractivity contribution in [3.8, 4) is 0 Å². The highest BCUT2D eigenvalue weighted by Gasteiger charge is 2.28. The molecule has 0 saturated carbocycles. The molecule has 0 bridgehead atoms. The summed E-state index contributed by atoms with van der Waals surface area (Å²) < 4.78 is 0. The fraction of sp³-hybridized carbons (Fsp3) is 0.583. The molecule has 0 aromatic heterocycles. The maximum atomic E-state index is 12.0. The monoisotopic (exact) mass is 364 g/mol. The van der Waals surface area contributed by atoms with E-state index in [9.17, 15) is 24.0 Å². The van der Waals surface area contributed by atoms with E-state index < -0.39 is 60.8 Å². The van der Waals surface area contributed by atoms with E-state index in [0.29, 0.717) is 0 Å². The molecule has 3 amide bonds. The number of thiol groups is 1. The molecule has 0 aromatic carbocycles. The normalized spacial score (nSPS) is 14.0. The molecule has 3 unspecified atom stereocenters. The number of carbonyl (C=O) groups excluding carboxylic acids is 3. The second-order valence-corrected chi connectivity index (χ2v) is 5.16. The molecular formula is C12H20N4O7S. The molecule has 11 nitrogen and oxygen atoms in total. The molecule has 0 aromatic rings. The Bertz CT molecular complexity index is 514. The van der Waals surface area contributed by atoms with Crippen molar-refractivity contribution in [1.82, 2.24) is 16.0 Å². The molecule has 136 valence electrons. The van der Waals surface area contributed by atoms with Crippen LogP contribution in [0.1, 0.15) is 13.3 Å². The minimum atomic E-state index is -1.45. The van der Waals surface area contributed by atoms with Crippen molar-refractivity contribution in [3.05, 3.63) is 0 Å². The van der Waals surface area contributed by atoms with Gasteiger partial charge in [0.2, 0.25) is 17.7 Å². The number of hydrogen-bond donors (Lipinski definition) is 7. The zero-order valence-electron chi connectivity index (χ0n) is 12.8. The molecule has 0 spiro atoms. The van der Waals surface area contributed by atoms with Gasteiger partial charge >= 0.3 is 11.9 Å². The van der Waals surface area contributed by atoms with Gasteiger partial charge in [-0.1, -0.05) is 0 Å². The van der Waals surface area contributed by atoms with Crippen molar-refractivity contribution in [3.63, 3.8) is 0 Å². The van der Waals surface area contributed by atoms with Crippen LogP contribution in [0.4, 0.5) is 0 Å². The second kappa shape index (κ2) is 10.4. The first-order valence-corrected chi connectivity index (χ1v) is 7.40. The number of nitrogens with one attached hydrogen (secondary N) is 3. The lowest BCUT2D eigenvalue weighted by atomic mass is 10.1. The maximum Gasteiger partial charge on any atom is 0.322 e. The van der Waals surface area contributed by atoms with E-state index in [4.69, 9.17) is 15.9 Å². The summed E-state index contributed by atoms with van der Waals surface area (Å²) in [6, 6.07) is -3.62. The average Bonchev–Trinajstić information content (AvgIpc) is 2.50. The SMILES string of the molecule is CC(NC(=O)C(CC(=O)O)NC(=O)C(N)CS)C(=O)NCC(=O)O. The summed E-state index contributed by atoms with van der Waals surface area (Å²) in [6.07, 6.45) is -0.722. The maximum absolute atomic E-state index is 12.0. The molecule has 0 radical (unpaired) electrons. The molecule has 0 aliphatic carbocycles. The van der Waals surface area contributed by atoms with Crippen LogP contribution in [0.5, 0.6) is 0 Å². The number of amides is 3. The number of nitrogens with two attached hydrogens (primary N) is 1. The summed E-state index contributed by atoms with van der Waals surface area (Å²) in [5.41, 5.74) is 5.43. The quantitative estimate of drug-likeness (QED) is 0.198. The van der Waals surface area contributed by atoms with Gasteiger partial charge in [-0.3, -0.25) is 24.0 Å². The molecule has 0 saturated heterocycles. The first-order valence-electron chi connectivity index (χ1n) is 6.77. The van der Waals surface area contributed by atoms with Crippen molar-refractivity contribution < 1.29 is 34.2 Å². The fourth-order valence-electron chi connectivity index (χ4n) is 1.44. The topological polar surface area (TPSA) is 188 Å². The Balaban J connectivity index is 4.80. The van der Waals surface area contributed by atoms with Crippen molar-refractivity contribution in [2.45, 2.75) is 31.5 Å². The molecule has 3 atom stereocenters. The highest BCUT2D eigenvalue weighted by Crippen LogP contribution is 1.97. The van der Waals surface area contributed by atoms with Crippen molar-refractivity contribution in [2.75, 3.05) is 12.3 Å². The van der Waals surface area contributed by atoms with Gasteiger partial charge in [0, 0.05) is 5.75 Å². The van der Waals surface area contributed by atoms with E-state index >= 15 is 0 Å². The van der Waals surface area contributed by atoms with Crippen molar-refractivity contribution >= 4 is 42.3 Å². The molecule has 12 heteroatoms. The highest BCUT2D eigenvalue weighted by molar-refractivity contribution is 7.80. The minimum Gasteiger partial charge on any atom is -0.481 e. The summed E-state index contributed by atoms with van der Waals surface area (Å²) in [7, 11) is 0. The van der Waals surface area contributed by atoms with Gasteiger partial charge in [0.15, 0.2) is 0 Å². The van der Waals surface area contributed by atoms with Crippen LogP contribution in [-0.2, 0) is 24.0 Å². The predicted octanol–water partition coefficient (Wildman–Crippen LogP) is -3.09. The number of carboxylic acid groups (broad SMARTS) is 2. The lowest BCUT2D eigenvalue weighted by Crippen LogP contribution is -2.56. The smallest absolute Gasteiger partial charge is 0.322 e. The summed E-state index contributed by atoms with van der Waals surface area (Å²) >= 11 is 3.82. The van der Waals surface area contributed by atoms with Crippen LogP contribution in [0.25, 0.3) is 0 Å². The number of carboxylic acids is 2. The van der Waals surface area contributed by atoms with Crippen LogP contribution in [0.15, 0.2) is 0 Å². The Hall–Kier alpha value is -2.34. The molecular weight excluding hydrogens is 344 g/mol. The lowest BCUT2D eigenvalue weighted by molar-refractivity contribution is -0.141. The van der Waals surface area contributed by atoms with E-state index in [0.717, 1.165) is 0 Å². The standard InChI is InChI=1S/C12H20N4O7S/c1-5(10(21)14-3-9(19)20)15-12(23)7(2-8(17)18)16-11(22)6(13)4-24/h5-7,24H,2-4,13H2,1H3,(H,14,21)(H,15,23)(H,16,22)(H,17,18)(H,19,20). The summed E-state index contributed by atoms with van der Waals surface area (Å²) in [5, 5.41) is 23.7. The van der Waals surface area contributed by atoms with Gasteiger partial charge < -0.3 is 31.9 Å². The van der Waals surface area contributed by atoms with Crippen LogP contribution in [0.3, 0.4) is 0 Å². The molecule has 24 heavy (non-hydrogen) atoms. The Kier molecular flexibility index (Phi) is 9.42. The van der Waals surface area contributed by atoms with Gasteiger partial charge in [0.1, 0.15) is 18.6 Å². The Labute approximate surface area is 142 Å². The second-order valence-electron chi connectivity index (χ2n) is 4.79. The first kappa shape index (κ1) is 21.7. The van der Waals surface area contributed by atoms with Gasteiger partial charge in [0.25, 0.3) is 0 Å². The summed E-state index contributed by atoms with van der Waals surface area (Å²) in [5.74, 6) is -5.10. The van der Waals surface area contributed by atoms with E-state index in [2.05, 4.69) is 23.3 Å². The molecule has 7 N–H and O–H groups in total. The molecule has 0 aliphatic heterocycles. The van der Waals surface area contributed by atoms with E-state index in [1.807, 2.05) is 5.32 Å². The van der Waals surface area contributed by atoms with Gasteiger partial charge in [0.05, 0.1) is 12.5 Å². The van der Waals surface area contributed by atoms with Gasteiger partial charge in [-0.25, -0.2) is 0 Å². The van der Waals surface area contributed by atoms with Crippen LogP contribution >= 0.6 is 12.6 Å². The third-order valence-electron chi connectivity index (χ3n) is 2.71. The van der Waals surface area contributed by atoms with E-state index in [1.54, 1.807) is 0 Å². The van der Waals surface area contributed by atoms with Crippen molar-refractivity contribution in [1.29, 1.82) is 0 Å². The first-order chi connectivity index (χ1) is 11.1. The van der Waals surface area contributed by atoms with Gasteiger partial charge in [-0.15, -0.1) is 0 Å². The fourth-order valence-corrected chi connectivity index (χ4v) is 1.61. The average molecular weight is 364 g/mol. The van der Waals surface area contributed by atoms with Gasteiger partial charge in [-0.05, 0) is 6.92 Å². The van der Waals surface area contributed by atoms with Gasteiger partial charge in [-0.2, -0.15) is 12.6 Å². The zero-order chi connectivity index (χ0) is 18.9. The Morgan fingerprint density at radius 3 is 2.04 bits per heavy atom. The van der Waals surface area contributed by atoms with Crippen molar-refractivity contribution in [2.24, 2.45) is 5.73 Å². The van der Waals surface area contributed by atoms with Crippen LogP contribution < -0.4 is 21.7 Å². The summed E-state index contributed by atoms with van der Waals surface area (Å²) in [4.78, 5) is 56.4. The molecule has 0 rings (SSSR count). The molecule has 0 fully saturated rings. The molecule has 0 heterocycles. The zero-order valence-corrected chi connectivity index (χ0v) is 13.7. The number of rotatable bonds is 10. The largest absolute Gasteiger partial charge is 0.481 e. The lowest BCUT2D eigenvalue weighted by Gasteiger charge is -2.21. The number of carbonyl (C=O) groups is 5. The Morgan fingerprint density at radius 1 is 1.00 bits per heavy atom. The highest BCUT2D eigenvalue weighted by atomic mass is 32.1. The van der Waals surface area contributed by atoms with Crippen LogP contribution in [-0.4, -0.2) is 70.3 Å². The predicted molar refractivity (Wildman–Crippen MR) is 84.3 cm³/mol. The number of aliphatic carboxylic acids is 2. The summed E-state index contributed by atoms with van der Waals surface area (Å²) in [6.45, 7) is 0.638. The van der Waals surface area contributed by atoms with E-state index in [-0.39, 0.29) is 5.75 Å².